The second kappa shape index (κ2) is 8.58. The van der Waals surface area contributed by atoms with Crippen molar-refractivity contribution >= 4 is 29.0 Å². The zero-order valence-electron chi connectivity index (χ0n) is 16.8. The van der Waals surface area contributed by atoms with Crippen molar-refractivity contribution in [2.45, 2.75) is 38.3 Å². The summed E-state index contributed by atoms with van der Waals surface area (Å²) in [5.74, 6) is 3.42. The van der Waals surface area contributed by atoms with E-state index in [2.05, 4.69) is 60.0 Å². The first-order chi connectivity index (χ1) is 13.7. The smallest absolute Gasteiger partial charge is 0.127 e. The van der Waals surface area contributed by atoms with Gasteiger partial charge in [0.2, 0.25) is 0 Å². The van der Waals surface area contributed by atoms with Gasteiger partial charge < -0.3 is 15.4 Å². The van der Waals surface area contributed by atoms with E-state index in [0.29, 0.717) is 6.54 Å². The van der Waals surface area contributed by atoms with Gasteiger partial charge in [-0.05, 0) is 54.9 Å². The normalized spacial score (nSPS) is 19.1. The zero-order chi connectivity index (χ0) is 19.4. The molecule has 28 heavy (non-hydrogen) atoms. The van der Waals surface area contributed by atoms with Crippen LogP contribution in [0.5, 0.6) is 0 Å². The van der Waals surface area contributed by atoms with Gasteiger partial charge in [-0.15, -0.1) is 0 Å². The highest BCUT2D eigenvalue weighted by Gasteiger charge is 2.41. The third-order valence-electron chi connectivity index (χ3n) is 5.65. The molecule has 2 aromatic rings. The number of nitrogens with one attached hydrogen (secondary N) is 2. The van der Waals surface area contributed by atoms with Gasteiger partial charge in [0.05, 0.1) is 30.1 Å². The highest BCUT2D eigenvalue weighted by molar-refractivity contribution is 7.99. The summed E-state index contributed by atoms with van der Waals surface area (Å²) in [6.07, 6.45) is 3.08. The van der Waals surface area contributed by atoms with Crippen LogP contribution in [0.3, 0.4) is 0 Å². The molecular weight excluding hydrogens is 366 g/mol. The van der Waals surface area contributed by atoms with Crippen molar-refractivity contribution < 1.29 is 4.74 Å². The standard InChI is InChI=1S/C23H29N3OS/c1-17-5-3-6-18(15-17)16-24-22-23(10-13-28-14-11-23)26-20-8-4-7-19(9-12-27-2)21(20)25-22/h3-8,15,26H,9-14,16H2,1-2H3,(H,24,25). The Hall–Kier alpha value is -1.98. The Balaban J connectivity index is 1.67. The van der Waals surface area contributed by atoms with Crippen LogP contribution in [-0.2, 0) is 17.7 Å². The Labute approximate surface area is 172 Å². The maximum absolute atomic E-state index is 5.31. The van der Waals surface area contributed by atoms with Gasteiger partial charge in [-0.25, -0.2) is 0 Å². The molecule has 2 aliphatic rings. The Bertz CT molecular complexity index is 859. The molecule has 0 atom stereocenters. The average Bonchev–Trinajstić information content (AvgIpc) is 2.71. The van der Waals surface area contributed by atoms with Crippen LogP contribution in [0.15, 0.2) is 47.5 Å². The van der Waals surface area contributed by atoms with Crippen molar-refractivity contribution in [3.8, 4) is 0 Å². The predicted molar refractivity (Wildman–Crippen MR) is 121 cm³/mol. The summed E-state index contributed by atoms with van der Waals surface area (Å²) in [4.78, 5) is 5.09. The molecule has 0 amide bonds. The van der Waals surface area contributed by atoms with Gasteiger partial charge >= 0.3 is 0 Å². The molecule has 2 aliphatic heterocycles. The first kappa shape index (κ1) is 19.3. The minimum Gasteiger partial charge on any atom is -0.384 e. The van der Waals surface area contributed by atoms with E-state index in [1.54, 1.807) is 7.11 Å². The molecule has 0 saturated carbocycles. The van der Waals surface area contributed by atoms with E-state index in [4.69, 9.17) is 9.73 Å². The summed E-state index contributed by atoms with van der Waals surface area (Å²) in [7, 11) is 1.75. The van der Waals surface area contributed by atoms with Gasteiger partial charge in [-0.3, -0.25) is 4.99 Å². The van der Waals surface area contributed by atoms with Crippen LogP contribution in [0.1, 0.15) is 29.5 Å². The Morgan fingerprint density at radius 1 is 1.14 bits per heavy atom. The highest BCUT2D eigenvalue weighted by atomic mass is 32.2. The monoisotopic (exact) mass is 395 g/mol. The summed E-state index contributed by atoms with van der Waals surface area (Å²) in [5.41, 5.74) is 6.08. The van der Waals surface area contributed by atoms with Gasteiger partial charge in [-0.1, -0.05) is 42.0 Å². The summed E-state index contributed by atoms with van der Waals surface area (Å²) >= 11 is 2.04. The number of para-hydroxylation sites is 1. The number of nitrogens with zero attached hydrogens (tertiary/aromatic N) is 1. The maximum atomic E-state index is 5.31. The van der Waals surface area contributed by atoms with Gasteiger partial charge in [0, 0.05) is 7.11 Å². The van der Waals surface area contributed by atoms with Gasteiger partial charge in [0.25, 0.3) is 0 Å². The molecule has 0 aliphatic carbocycles. The van der Waals surface area contributed by atoms with Gasteiger partial charge in [0.15, 0.2) is 0 Å². The number of rotatable bonds is 5. The number of aryl methyl sites for hydroxylation is 1. The van der Waals surface area contributed by atoms with Crippen LogP contribution < -0.4 is 10.6 Å². The van der Waals surface area contributed by atoms with E-state index in [1.165, 1.54) is 22.4 Å². The number of benzene rings is 2. The van der Waals surface area contributed by atoms with E-state index in [0.717, 1.165) is 48.9 Å². The lowest BCUT2D eigenvalue weighted by Gasteiger charge is -2.44. The van der Waals surface area contributed by atoms with Gasteiger partial charge in [-0.2, -0.15) is 11.8 Å². The van der Waals surface area contributed by atoms with E-state index in [1.807, 2.05) is 11.8 Å². The fraction of sp³-hybridized carbons (Fsp3) is 0.435. The number of hydrogen-bond acceptors (Lipinski definition) is 4. The number of anilines is 2. The fourth-order valence-corrected chi connectivity index (χ4v) is 5.27. The van der Waals surface area contributed by atoms with Crippen molar-refractivity contribution in [2.75, 3.05) is 35.9 Å². The van der Waals surface area contributed by atoms with E-state index >= 15 is 0 Å². The molecular formula is C23H29N3OS. The number of thioether (sulfide) groups is 1. The molecule has 1 saturated heterocycles. The Kier molecular flexibility index (Phi) is 5.93. The minimum atomic E-state index is -0.0814. The lowest BCUT2D eigenvalue weighted by Crippen LogP contribution is -2.55. The lowest BCUT2D eigenvalue weighted by atomic mass is 9.87. The van der Waals surface area contributed by atoms with E-state index in [-0.39, 0.29) is 5.54 Å². The van der Waals surface area contributed by atoms with Crippen molar-refractivity contribution in [3.05, 3.63) is 59.2 Å². The predicted octanol–water partition coefficient (Wildman–Crippen LogP) is 4.89. The molecule has 0 bridgehead atoms. The van der Waals surface area contributed by atoms with E-state index in [9.17, 15) is 0 Å². The third kappa shape index (κ3) is 4.06. The Morgan fingerprint density at radius 2 is 1.96 bits per heavy atom. The molecule has 4 nitrogen and oxygen atoms in total. The largest absolute Gasteiger partial charge is 0.384 e. The first-order valence-corrected chi connectivity index (χ1v) is 11.2. The summed E-state index contributed by atoms with van der Waals surface area (Å²) in [6.45, 7) is 3.56. The Morgan fingerprint density at radius 3 is 2.75 bits per heavy atom. The number of methoxy groups -OCH3 is 1. The SMILES string of the molecule is COCCc1cccc2c1NC(=NCc1cccc(C)c1)C1(CCSCC1)N2. The van der Waals surface area contributed by atoms with E-state index < -0.39 is 0 Å². The number of aliphatic imine (C=N–C) groups is 1. The van der Waals surface area contributed by atoms with Crippen LogP contribution in [0.2, 0.25) is 0 Å². The maximum Gasteiger partial charge on any atom is 0.127 e. The topological polar surface area (TPSA) is 45.6 Å². The lowest BCUT2D eigenvalue weighted by molar-refractivity contribution is 0.202. The minimum absolute atomic E-state index is 0.0814. The summed E-state index contributed by atoms with van der Waals surface area (Å²) in [6, 6.07) is 15.1. The van der Waals surface area contributed by atoms with Crippen LogP contribution in [0.25, 0.3) is 0 Å². The van der Waals surface area contributed by atoms with Crippen LogP contribution >= 0.6 is 11.8 Å². The summed E-state index contributed by atoms with van der Waals surface area (Å²) in [5, 5.41) is 7.62. The molecule has 0 unspecified atom stereocenters. The molecule has 4 rings (SSSR count). The van der Waals surface area contributed by atoms with Crippen LogP contribution in [0.4, 0.5) is 11.4 Å². The molecule has 1 fully saturated rings. The molecule has 0 aromatic heterocycles. The number of hydrogen-bond donors (Lipinski definition) is 2. The average molecular weight is 396 g/mol. The zero-order valence-corrected chi connectivity index (χ0v) is 17.6. The summed E-state index contributed by atoms with van der Waals surface area (Å²) < 4.78 is 5.31. The number of amidine groups is 1. The van der Waals surface area contributed by atoms with Crippen molar-refractivity contribution in [1.29, 1.82) is 0 Å². The fourth-order valence-electron chi connectivity index (χ4n) is 4.08. The number of ether oxygens (including phenoxy) is 1. The second-order valence-corrected chi connectivity index (χ2v) is 8.91. The van der Waals surface area contributed by atoms with Crippen LogP contribution in [-0.4, -0.2) is 36.6 Å². The van der Waals surface area contributed by atoms with Gasteiger partial charge in [0.1, 0.15) is 5.84 Å². The number of fused-ring (bicyclic) bond motifs is 1. The second-order valence-electron chi connectivity index (χ2n) is 7.68. The molecule has 1 spiro atoms. The van der Waals surface area contributed by atoms with Crippen molar-refractivity contribution in [1.82, 2.24) is 0 Å². The van der Waals surface area contributed by atoms with Crippen molar-refractivity contribution in [3.63, 3.8) is 0 Å². The molecule has 0 radical (unpaired) electrons. The van der Waals surface area contributed by atoms with Crippen molar-refractivity contribution in [2.24, 2.45) is 4.99 Å². The first-order valence-electron chi connectivity index (χ1n) is 10.0. The highest BCUT2D eigenvalue weighted by Crippen LogP contribution is 2.40. The molecule has 2 aromatic carbocycles. The molecule has 148 valence electrons. The van der Waals surface area contributed by atoms with Crippen LogP contribution in [0, 0.1) is 6.92 Å². The quantitative estimate of drug-likeness (QED) is 0.757. The molecule has 2 heterocycles. The third-order valence-corrected chi connectivity index (χ3v) is 6.63. The molecule has 2 N–H and O–H groups in total. The molecule has 5 heteroatoms.